The molecule has 8 heteroatoms. The number of hydrazine groups is 1. The Balaban J connectivity index is 1.65. The standard InChI is InChI=1S/C18H17N3O4S/c1-12(22)13-6-8-15(9-7-13)26(24,25)21-20-18(23)10-14-11-19-17-5-3-2-4-16(14)17/h2-9,11,19,21H,10H2,1H3,(H,20,23). The van der Waals surface area contributed by atoms with Crippen LogP contribution in [-0.2, 0) is 21.2 Å². The van der Waals surface area contributed by atoms with E-state index in [4.69, 9.17) is 0 Å². The van der Waals surface area contributed by atoms with E-state index in [1.807, 2.05) is 24.3 Å². The highest BCUT2D eigenvalue weighted by Gasteiger charge is 2.16. The van der Waals surface area contributed by atoms with Gasteiger partial charge in [0.05, 0.1) is 11.3 Å². The zero-order chi connectivity index (χ0) is 18.7. The average Bonchev–Trinajstić information content (AvgIpc) is 3.03. The summed E-state index contributed by atoms with van der Waals surface area (Å²) < 4.78 is 24.4. The van der Waals surface area contributed by atoms with Crippen LogP contribution < -0.4 is 10.3 Å². The molecule has 0 radical (unpaired) electrons. The second-order valence-corrected chi connectivity index (χ2v) is 7.45. The van der Waals surface area contributed by atoms with E-state index in [1.165, 1.54) is 31.2 Å². The largest absolute Gasteiger partial charge is 0.361 e. The molecule has 0 saturated carbocycles. The quantitative estimate of drug-likeness (QED) is 0.454. The first-order chi connectivity index (χ1) is 12.4. The molecular weight excluding hydrogens is 354 g/mol. The molecule has 3 rings (SSSR count). The van der Waals surface area contributed by atoms with Gasteiger partial charge in [-0.2, -0.15) is 0 Å². The number of rotatable bonds is 6. The molecule has 1 aromatic heterocycles. The fourth-order valence-corrected chi connectivity index (χ4v) is 3.41. The highest BCUT2D eigenvalue weighted by Crippen LogP contribution is 2.18. The van der Waals surface area contributed by atoms with Crippen molar-refractivity contribution in [1.29, 1.82) is 0 Å². The minimum absolute atomic E-state index is 0.0236. The Kier molecular flexibility index (Phi) is 4.88. The number of H-pyrrole nitrogens is 1. The van der Waals surface area contributed by atoms with Gasteiger partial charge in [-0.3, -0.25) is 15.0 Å². The summed E-state index contributed by atoms with van der Waals surface area (Å²) in [4.78, 5) is 28.4. The normalized spacial score (nSPS) is 11.4. The number of aromatic nitrogens is 1. The summed E-state index contributed by atoms with van der Waals surface area (Å²) in [7, 11) is -3.92. The van der Waals surface area contributed by atoms with Crippen molar-refractivity contribution in [3.05, 3.63) is 65.9 Å². The van der Waals surface area contributed by atoms with Crippen molar-refractivity contribution in [2.24, 2.45) is 0 Å². The number of fused-ring (bicyclic) bond motifs is 1. The minimum Gasteiger partial charge on any atom is -0.361 e. The molecule has 1 amide bonds. The highest BCUT2D eigenvalue weighted by atomic mass is 32.2. The van der Waals surface area contributed by atoms with Gasteiger partial charge in [0.1, 0.15) is 0 Å². The van der Waals surface area contributed by atoms with Crippen molar-refractivity contribution < 1.29 is 18.0 Å². The monoisotopic (exact) mass is 371 g/mol. The number of benzene rings is 2. The maximum atomic E-state index is 12.2. The molecule has 0 fully saturated rings. The van der Waals surface area contributed by atoms with Crippen LogP contribution in [0.1, 0.15) is 22.8 Å². The van der Waals surface area contributed by atoms with Crippen molar-refractivity contribution in [3.63, 3.8) is 0 Å². The molecular formula is C18H17N3O4S. The van der Waals surface area contributed by atoms with Gasteiger partial charge < -0.3 is 4.98 Å². The third kappa shape index (κ3) is 3.81. The fourth-order valence-electron chi connectivity index (χ4n) is 2.55. The molecule has 0 aliphatic carbocycles. The predicted octanol–water partition coefficient (Wildman–Crippen LogP) is 1.92. The van der Waals surface area contributed by atoms with E-state index in [2.05, 4.69) is 15.2 Å². The lowest BCUT2D eigenvalue weighted by Gasteiger charge is -2.08. The van der Waals surface area contributed by atoms with Crippen molar-refractivity contribution in [2.75, 3.05) is 0 Å². The molecule has 26 heavy (non-hydrogen) atoms. The highest BCUT2D eigenvalue weighted by molar-refractivity contribution is 7.89. The summed E-state index contributed by atoms with van der Waals surface area (Å²) in [5.74, 6) is -0.646. The first-order valence-electron chi connectivity index (χ1n) is 7.83. The van der Waals surface area contributed by atoms with Crippen LogP contribution in [0.3, 0.4) is 0 Å². The van der Waals surface area contributed by atoms with Gasteiger partial charge in [-0.05, 0) is 30.7 Å². The van der Waals surface area contributed by atoms with E-state index in [-0.39, 0.29) is 17.1 Å². The van der Waals surface area contributed by atoms with Crippen molar-refractivity contribution in [1.82, 2.24) is 15.2 Å². The Labute approximate surface area is 150 Å². The Hall–Kier alpha value is -2.97. The van der Waals surface area contributed by atoms with Crippen LogP contribution in [-0.4, -0.2) is 25.1 Å². The van der Waals surface area contributed by atoms with Crippen LogP contribution in [0.4, 0.5) is 0 Å². The number of hydrogen-bond acceptors (Lipinski definition) is 4. The number of aromatic amines is 1. The molecule has 0 unspecified atom stereocenters. The Morgan fingerprint density at radius 1 is 1.04 bits per heavy atom. The van der Waals surface area contributed by atoms with Crippen LogP contribution >= 0.6 is 0 Å². The topological polar surface area (TPSA) is 108 Å². The lowest BCUT2D eigenvalue weighted by molar-refractivity contribution is -0.120. The van der Waals surface area contributed by atoms with E-state index in [9.17, 15) is 18.0 Å². The summed E-state index contributed by atoms with van der Waals surface area (Å²) >= 11 is 0. The number of Topliss-reactive ketones (excluding diaryl/α,β-unsaturated/α-hetero) is 1. The maximum absolute atomic E-state index is 12.2. The number of sulfonamides is 1. The van der Waals surface area contributed by atoms with Gasteiger partial charge in [0, 0.05) is 22.7 Å². The first kappa shape index (κ1) is 17.8. The van der Waals surface area contributed by atoms with Crippen molar-refractivity contribution in [2.45, 2.75) is 18.2 Å². The molecule has 1 heterocycles. The van der Waals surface area contributed by atoms with Gasteiger partial charge in [0.25, 0.3) is 10.0 Å². The Morgan fingerprint density at radius 2 is 1.73 bits per heavy atom. The van der Waals surface area contributed by atoms with Gasteiger partial charge in [0.2, 0.25) is 5.91 Å². The third-order valence-corrected chi connectivity index (χ3v) is 5.19. The van der Waals surface area contributed by atoms with Crippen LogP contribution in [0.2, 0.25) is 0 Å². The van der Waals surface area contributed by atoms with E-state index in [0.717, 1.165) is 16.5 Å². The van der Waals surface area contributed by atoms with E-state index in [0.29, 0.717) is 5.56 Å². The zero-order valence-electron chi connectivity index (χ0n) is 13.9. The lowest BCUT2D eigenvalue weighted by atomic mass is 10.1. The molecule has 0 spiro atoms. The molecule has 134 valence electrons. The van der Waals surface area contributed by atoms with Gasteiger partial charge in [-0.25, -0.2) is 8.42 Å². The third-order valence-electron chi connectivity index (χ3n) is 3.92. The van der Waals surface area contributed by atoms with E-state index < -0.39 is 15.9 Å². The second-order valence-electron chi connectivity index (χ2n) is 5.77. The fraction of sp³-hybridized carbons (Fsp3) is 0.111. The van der Waals surface area contributed by atoms with Crippen LogP contribution in [0, 0.1) is 0 Å². The lowest BCUT2D eigenvalue weighted by Crippen LogP contribution is -2.42. The van der Waals surface area contributed by atoms with E-state index >= 15 is 0 Å². The minimum atomic E-state index is -3.92. The summed E-state index contributed by atoms with van der Waals surface area (Å²) in [6.45, 7) is 1.40. The number of para-hydroxylation sites is 1. The number of hydrogen-bond donors (Lipinski definition) is 3. The second kappa shape index (κ2) is 7.11. The van der Waals surface area contributed by atoms with Gasteiger partial charge in [-0.1, -0.05) is 30.3 Å². The molecule has 0 atom stereocenters. The molecule has 0 bridgehead atoms. The summed E-state index contributed by atoms with van der Waals surface area (Å²) in [6, 6.07) is 13.0. The number of amides is 1. The number of ketones is 1. The SMILES string of the molecule is CC(=O)c1ccc(S(=O)(=O)NNC(=O)Cc2c[nH]c3ccccc23)cc1. The maximum Gasteiger partial charge on any atom is 0.257 e. The number of nitrogens with one attached hydrogen (secondary N) is 3. The first-order valence-corrected chi connectivity index (χ1v) is 9.32. The molecule has 0 aliphatic heterocycles. The van der Waals surface area contributed by atoms with Gasteiger partial charge >= 0.3 is 0 Å². The molecule has 3 N–H and O–H groups in total. The summed E-state index contributed by atoms with van der Waals surface area (Å²) in [5, 5.41) is 0.908. The smallest absolute Gasteiger partial charge is 0.257 e. The van der Waals surface area contributed by atoms with Crippen LogP contribution in [0.25, 0.3) is 10.9 Å². The number of carbonyl (C=O) groups excluding carboxylic acids is 2. The molecule has 2 aromatic carbocycles. The number of carbonyl (C=O) groups is 2. The van der Waals surface area contributed by atoms with Crippen molar-refractivity contribution in [3.8, 4) is 0 Å². The summed E-state index contributed by atoms with van der Waals surface area (Å²) in [6.07, 6.45) is 1.75. The van der Waals surface area contributed by atoms with Gasteiger partial charge in [0.15, 0.2) is 5.78 Å². The Bertz CT molecular complexity index is 1070. The molecule has 3 aromatic rings. The van der Waals surface area contributed by atoms with Crippen molar-refractivity contribution >= 4 is 32.6 Å². The molecule has 7 nitrogen and oxygen atoms in total. The Morgan fingerprint density at radius 3 is 2.42 bits per heavy atom. The summed E-state index contributed by atoms with van der Waals surface area (Å²) in [5.41, 5.74) is 4.28. The van der Waals surface area contributed by atoms with E-state index in [1.54, 1.807) is 6.20 Å². The van der Waals surface area contributed by atoms with Gasteiger partial charge in [-0.15, -0.1) is 4.83 Å². The zero-order valence-corrected chi connectivity index (χ0v) is 14.8. The predicted molar refractivity (Wildman–Crippen MR) is 96.9 cm³/mol. The van der Waals surface area contributed by atoms with Crippen LogP contribution in [0.5, 0.6) is 0 Å². The average molecular weight is 371 g/mol. The molecule has 0 aliphatic rings. The molecule has 0 saturated heterocycles. The van der Waals surface area contributed by atoms with Crippen LogP contribution in [0.15, 0.2) is 59.6 Å².